The maximum atomic E-state index is 12.1. The molecule has 7 rings (SSSR count). The van der Waals surface area contributed by atoms with E-state index in [0.717, 1.165) is 43.8 Å². The van der Waals surface area contributed by atoms with Gasteiger partial charge in [0.2, 0.25) is 0 Å². The minimum absolute atomic E-state index is 0.0440. The molecule has 2 aromatic heterocycles. The topological polar surface area (TPSA) is 61.2 Å². The van der Waals surface area contributed by atoms with Gasteiger partial charge in [-0.05, 0) is 30.3 Å². The Morgan fingerprint density at radius 3 is 1.87 bits per heavy atom. The van der Waals surface area contributed by atoms with E-state index >= 15 is 0 Å². The molecule has 0 saturated heterocycles. The molecule has 0 unspecified atom stereocenters. The Kier molecular flexibility index (Phi) is 7.63. The van der Waals surface area contributed by atoms with E-state index in [0.29, 0.717) is 16.7 Å². The molecule has 0 aliphatic carbocycles. The number of rotatable bonds is 3. The maximum Gasteiger partial charge on any atom is 0.277 e. The Morgan fingerprint density at radius 2 is 1.23 bits per heavy atom. The van der Waals surface area contributed by atoms with E-state index in [1.165, 1.54) is 0 Å². The van der Waals surface area contributed by atoms with Gasteiger partial charge < -0.3 is 8.98 Å². The largest absolute Gasteiger partial charge is 0.455 e. The summed E-state index contributed by atoms with van der Waals surface area (Å²) in [7, 11) is 0. The summed E-state index contributed by atoms with van der Waals surface area (Å²) in [5, 5.41) is 16.3. The van der Waals surface area contributed by atoms with Crippen LogP contribution in [0.2, 0.25) is 0 Å². The molecular weight excluding hydrogens is 524 g/mol. The van der Waals surface area contributed by atoms with Gasteiger partial charge in [0.15, 0.2) is 0 Å². The van der Waals surface area contributed by atoms with Crippen LogP contribution < -0.4 is 0 Å². The molecule has 0 saturated carbocycles. The monoisotopic (exact) mass is 550 g/mol. The van der Waals surface area contributed by atoms with Gasteiger partial charge >= 0.3 is 0 Å². The number of hydrogen-bond acceptors (Lipinski definition) is 5. The predicted octanol–water partition coefficient (Wildman–Crippen LogP) is 10.0. The lowest BCUT2D eigenvalue weighted by atomic mass is 10.00. The smallest absolute Gasteiger partial charge is 0.277 e. The van der Waals surface area contributed by atoms with E-state index in [1.807, 2.05) is 92.7 Å². The van der Waals surface area contributed by atoms with Gasteiger partial charge in [-0.15, -0.1) is 23.3 Å². The van der Waals surface area contributed by atoms with Gasteiger partial charge in [-0.25, -0.2) is 0 Å². The number of hydrogen-bond donors (Lipinski definition) is 2. The fourth-order valence-corrected chi connectivity index (χ4v) is 5.20. The summed E-state index contributed by atoms with van der Waals surface area (Å²) in [6.07, 6.45) is 0. The first-order valence-corrected chi connectivity index (χ1v) is 14.2. The summed E-state index contributed by atoms with van der Waals surface area (Å²) >= 11 is 6.44. The van der Waals surface area contributed by atoms with Crippen LogP contribution in [-0.4, -0.2) is 9.49 Å². The molecule has 0 atom stereocenters. The SMILES string of the molecule is CC.O=[N+]([O-])c1ccc(-n2c3ccccc3c3ccccc32)cc1-c1cccc2c1oc1ccccc12.SS. The number of aromatic nitrogens is 1. The lowest BCUT2D eigenvalue weighted by Gasteiger charge is -2.11. The number of fused-ring (bicyclic) bond motifs is 6. The van der Waals surface area contributed by atoms with Gasteiger partial charge in [-0.3, -0.25) is 10.1 Å². The molecule has 0 bridgehead atoms. The third-order valence-electron chi connectivity index (χ3n) is 6.71. The van der Waals surface area contributed by atoms with E-state index in [4.69, 9.17) is 4.42 Å². The summed E-state index contributed by atoms with van der Waals surface area (Å²) < 4.78 is 8.38. The van der Waals surface area contributed by atoms with Crippen LogP contribution in [0, 0.1) is 10.1 Å². The quantitative estimate of drug-likeness (QED) is 0.0996. The van der Waals surface area contributed by atoms with Crippen LogP contribution in [0.4, 0.5) is 5.69 Å². The van der Waals surface area contributed by atoms with Crippen LogP contribution in [0.1, 0.15) is 13.8 Å². The summed E-state index contributed by atoms with van der Waals surface area (Å²) in [4.78, 5) is 11.8. The first-order chi connectivity index (χ1) is 19.2. The second-order valence-corrected chi connectivity index (χ2v) is 8.61. The Morgan fingerprint density at radius 1 is 0.667 bits per heavy atom. The molecule has 7 aromatic rings. The van der Waals surface area contributed by atoms with Gasteiger partial charge in [0.05, 0.1) is 21.5 Å². The minimum Gasteiger partial charge on any atom is -0.455 e. The first kappa shape index (κ1) is 26.4. The highest BCUT2D eigenvalue weighted by molar-refractivity contribution is 8.59. The van der Waals surface area contributed by atoms with E-state index in [1.54, 1.807) is 6.07 Å². The van der Waals surface area contributed by atoms with Crippen molar-refractivity contribution in [3.8, 4) is 16.8 Å². The number of para-hydroxylation sites is 4. The second-order valence-electron chi connectivity index (χ2n) is 8.61. The van der Waals surface area contributed by atoms with E-state index in [2.05, 4.69) is 52.2 Å². The highest BCUT2D eigenvalue weighted by atomic mass is 33.1. The molecule has 39 heavy (non-hydrogen) atoms. The second kappa shape index (κ2) is 11.3. The fourth-order valence-electron chi connectivity index (χ4n) is 5.20. The van der Waals surface area contributed by atoms with Crippen molar-refractivity contribution in [1.29, 1.82) is 0 Å². The Labute approximate surface area is 236 Å². The van der Waals surface area contributed by atoms with Crippen LogP contribution in [0.25, 0.3) is 60.6 Å². The van der Waals surface area contributed by atoms with Crippen LogP contribution in [0.3, 0.4) is 0 Å². The van der Waals surface area contributed by atoms with Crippen molar-refractivity contribution in [1.82, 2.24) is 4.57 Å². The number of thiol groups is 2. The van der Waals surface area contributed by atoms with Crippen LogP contribution in [0.15, 0.2) is 114 Å². The first-order valence-electron chi connectivity index (χ1n) is 12.6. The molecule has 0 aliphatic heterocycles. The molecule has 0 aliphatic rings. The van der Waals surface area contributed by atoms with Crippen molar-refractivity contribution in [2.45, 2.75) is 13.8 Å². The van der Waals surface area contributed by atoms with E-state index in [9.17, 15) is 10.1 Å². The van der Waals surface area contributed by atoms with Gasteiger partial charge in [-0.2, -0.15) is 0 Å². The zero-order chi connectivity index (χ0) is 27.5. The van der Waals surface area contributed by atoms with Crippen molar-refractivity contribution < 1.29 is 9.34 Å². The molecule has 5 aromatic carbocycles. The van der Waals surface area contributed by atoms with Crippen LogP contribution in [-0.2, 0) is 0 Å². The minimum atomic E-state index is -0.327. The standard InChI is InChI=1S/C30H18N2O3.C2H6.H2S2/c33-32(34)28-17-16-19(31-26-13-4-1-8-20(26)21-9-2-5-14-27(21)31)18-25(28)24-12-7-11-23-22-10-3-6-15-29(22)35-30(23)24;2*1-2/h1-18H;1-2H3;1-2H. The van der Waals surface area contributed by atoms with Crippen molar-refractivity contribution in [3.05, 3.63) is 119 Å². The zero-order valence-electron chi connectivity index (χ0n) is 21.4. The van der Waals surface area contributed by atoms with Crippen molar-refractivity contribution in [2.75, 3.05) is 0 Å². The Balaban J connectivity index is 0.000000738. The maximum absolute atomic E-state index is 12.1. The molecule has 7 heteroatoms. The highest BCUT2D eigenvalue weighted by Gasteiger charge is 2.22. The number of nitro groups is 1. The normalized spacial score (nSPS) is 10.8. The van der Waals surface area contributed by atoms with Gasteiger partial charge in [0.1, 0.15) is 11.2 Å². The highest BCUT2D eigenvalue weighted by Crippen LogP contribution is 2.41. The Bertz CT molecular complexity index is 1900. The lowest BCUT2D eigenvalue weighted by Crippen LogP contribution is -1.98. The molecule has 5 nitrogen and oxygen atoms in total. The number of nitrogens with zero attached hydrogens (tertiary/aromatic N) is 2. The van der Waals surface area contributed by atoms with Crippen molar-refractivity contribution >= 4 is 72.8 Å². The Hall–Kier alpha value is -4.20. The lowest BCUT2D eigenvalue weighted by molar-refractivity contribution is -0.384. The molecule has 0 spiro atoms. The summed E-state index contributed by atoms with van der Waals surface area (Å²) in [6, 6.07) is 35.4. The number of furan rings is 1. The van der Waals surface area contributed by atoms with Crippen molar-refractivity contribution in [3.63, 3.8) is 0 Å². The molecule has 194 valence electrons. The summed E-state index contributed by atoms with van der Waals surface area (Å²) in [6.45, 7) is 4.00. The van der Waals surface area contributed by atoms with Gasteiger partial charge in [-0.1, -0.05) is 86.6 Å². The van der Waals surface area contributed by atoms with E-state index < -0.39 is 0 Å². The molecule has 2 heterocycles. The predicted molar refractivity (Wildman–Crippen MR) is 169 cm³/mol. The fraction of sp³-hybridized carbons (Fsp3) is 0.0625. The summed E-state index contributed by atoms with van der Waals surface area (Å²) in [5.41, 5.74) is 5.64. The molecule has 0 amide bonds. The third-order valence-corrected chi connectivity index (χ3v) is 6.71. The van der Waals surface area contributed by atoms with E-state index in [-0.39, 0.29) is 10.6 Å². The average molecular weight is 551 g/mol. The third kappa shape index (κ3) is 4.43. The number of benzene rings is 5. The molecular formula is C32H26N2O3S2. The van der Waals surface area contributed by atoms with Gasteiger partial charge in [0.25, 0.3) is 5.69 Å². The molecule has 0 fully saturated rings. The van der Waals surface area contributed by atoms with Gasteiger partial charge in [0, 0.05) is 38.9 Å². The summed E-state index contributed by atoms with van der Waals surface area (Å²) in [5.74, 6) is 0. The number of nitro benzene ring substituents is 1. The van der Waals surface area contributed by atoms with Crippen LogP contribution in [0.5, 0.6) is 0 Å². The molecule has 0 N–H and O–H groups in total. The molecule has 0 radical (unpaired) electrons. The average Bonchev–Trinajstić information content (AvgIpc) is 3.55. The van der Waals surface area contributed by atoms with Crippen molar-refractivity contribution in [2.24, 2.45) is 0 Å². The zero-order valence-corrected chi connectivity index (χ0v) is 23.2. The van der Waals surface area contributed by atoms with Crippen LogP contribution >= 0.6 is 23.3 Å².